The van der Waals surface area contributed by atoms with Gasteiger partial charge in [0, 0.05) is 25.0 Å². The highest BCUT2D eigenvalue weighted by atomic mass is 79.9. The van der Waals surface area contributed by atoms with E-state index in [0.29, 0.717) is 6.42 Å². The molecule has 0 fully saturated rings. The summed E-state index contributed by atoms with van der Waals surface area (Å²) < 4.78 is 0.996. The predicted octanol–water partition coefficient (Wildman–Crippen LogP) is 2.53. The molecule has 15 heavy (non-hydrogen) atoms. The van der Waals surface area contributed by atoms with Gasteiger partial charge in [-0.2, -0.15) is 0 Å². The molecule has 1 rings (SSSR count). The molecule has 0 saturated heterocycles. The molecule has 1 aromatic rings. The molecule has 4 heteroatoms. The molecule has 1 N–H and O–H groups in total. The number of anilines is 1. The maximum absolute atomic E-state index is 10.4. The first-order valence-electron chi connectivity index (χ1n) is 4.68. The van der Waals surface area contributed by atoms with E-state index in [1.54, 1.807) is 0 Å². The third kappa shape index (κ3) is 3.55. The van der Waals surface area contributed by atoms with Gasteiger partial charge >= 0.3 is 5.97 Å². The van der Waals surface area contributed by atoms with Crippen LogP contribution in [0.1, 0.15) is 12.0 Å². The smallest absolute Gasteiger partial charge is 0.303 e. The van der Waals surface area contributed by atoms with E-state index >= 15 is 0 Å². The molecule has 0 aliphatic carbocycles. The van der Waals surface area contributed by atoms with Crippen LogP contribution in [0.4, 0.5) is 5.69 Å². The van der Waals surface area contributed by atoms with E-state index in [9.17, 15) is 4.79 Å². The van der Waals surface area contributed by atoms with Crippen molar-refractivity contribution in [3.8, 4) is 0 Å². The van der Waals surface area contributed by atoms with Crippen LogP contribution in [0.15, 0.2) is 22.7 Å². The average Bonchev–Trinajstić information content (AvgIpc) is 2.14. The predicted molar refractivity (Wildman–Crippen MR) is 64.4 cm³/mol. The first-order chi connectivity index (χ1) is 7.00. The van der Waals surface area contributed by atoms with E-state index < -0.39 is 5.97 Å². The number of benzene rings is 1. The van der Waals surface area contributed by atoms with Crippen LogP contribution in [0.2, 0.25) is 0 Å². The van der Waals surface area contributed by atoms with E-state index in [1.165, 1.54) is 0 Å². The van der Waals surface area contributed by atoms with Crippen molar-refractivity contribution in [1.82, 2.24) is 0 Å². The van der Waals surface area contributed by atoms with Gasteiger partial charge in [-0.3, -0.25) is 4.79 Å². The van der Waals surface area contributed by atoms with Crippen LogP contribution in [0.3, 0.4) is 0 Å². The SMILES string of the molecule is CN(C)c1ccc(CCC(=O)O)cc1Br. The number of hydrogen-bond acceptors (Lipinski definition) is 2. The standard InChI is InChI=1S/C11H14BrNO2/c1-13(2)10-5-3-8(7-9(10)12)4-6-11(14)15/h3,5,7H,4,6H2,1-2H3,(H,14,15). The molecule has 0 radical (unpaired) electrons. The maximum atomic E-state index is 10.4. The van der Waals surface area contributed by atoms with Crippen LogP contribution < -0.4 is 4.90 Å². The van der Waals surface area contributed by atoms with Crippen molar-refractivity contribution in [2.45, 2.75) is 12.8 Å². The molecule has 0 aromatic heterocycles. The molecule has 0 heterocycles. The van der Waals surface area contributed by atoms with Crippen LogP contribution in [0.25, 0.3) is 0 Å². The van der Waals surface area contributed by atoms with Crippen molar-refractivity contribution in [2.24, 2.45) is 0 Å². The molecule has 0 aliphatic heterocycles. The number of hydrogen-bond donors (Lipinski definition) is 1. The summed E-state index contributed by atoms with van der Waals surface area (Å²) in [6.45, 7) is 0. The van der Waals surface area contributed by atoms with Gasteiger partial charge < -0.3 is 10.0 Å². The highest BCUT2D eigenvalue weighted by Crippen LogP contribution is 2.26. The minimum absolute atomic E-state index is 0.174. The number of carbonyl (C=O) groups is 1. The van der Waals surface area contributed by atoms with E-state index in [0.717, 1.165) is 15.7 Å². The highest BCUT2D eigenvalue weighted by Gasteiger charge is 2.04. The maximum Gasteiger partial charge on any atom is 0.303 e. The Labute approximate surface area is 97.8 Å². The molecule has 0 atom stereocenters. The van der Waals surface area contributed by atoms with Gasteiger partial charge in [-0.1, -0.05) is 6.07 Å². The van der Waals surface area contributed by atoms with Crippen LogP contribution >= 0.6 is 15.9 Å². The van der Waals surface area contributed by atoms with E-state index in [2.05, 4.69) is 15.9 Å². The third-order valence-electron chi connectivity index (χ3n) is 2.12. The average molecular weight is 272 g/mol. The summed E-state index contributed by atoms with van der Waals surface area (Å²) >= 11 is 3.47. The Kier molecular flexibility index (Phi) is 4.15. The van der Waals surface area contributed by atoms with Crippen LogP contribution in [-0.2, 0) is 11.2 Å². The van der Waals surface area contributed by atoms with Crippen molar-refractivity contribution >= 4 is 27.6 Å². The lowest BCUT2D eigenvalue weighted by Gasteiger charge is -2.15. The molecule has 0 unspecified atom stereocenters. The zero-order valence-electron chi connectivity index (χ0n) is 8.83. The fourth-order valence-corrected chi connectivity index (χ4v) is 2.10. The second kappa shape index (κ2) is 5.16. The largest absolute Gasteiger partial charge is 0.481 e. The summed E-state index contributed by atoms with van der Waals surface area (Å²) in [6, 6.07) is 5.92. The molecular formula is C11H14BrNO2. The molecule has 0 saturated carbocycles. The summed E-state index contributed by atoms with van der Waals surface area (Å²) in [7, 11) is 3.94. The van der Waals surface area contributed by atoms with Crippen molar-refractivity contribution in [2.75, 3.05) is 19.0 Å². The number of halogens is 1. The Morgan fingerprint density at radius 1 is 1.47 bits per heavy atom. The normalized spacial score (nSPS) is 10.1. The summed E-state index contributed by atoms with van der Waals surface area (Å²) in [5, 5.41) is 8.57. The van der Waals surface area contributed by atoms with Gasteiger partial charge in [0.15, 0.2) is 0 Å². The monoisotopic (exact) mass is 271 g/mol. The molecular weight excluding hydrogens is 258 g/mol. The van der Waals surface area contributed by atoms with Crippen LogP contribution in [0.5, 0.6) is 0 Å². The molecule has 82 valence electrons. The zero-order valence-corrected chi connectivity index (χ0v) is 10.4. The van der Waals surface area contributed by atoms with Crippen molar-refractivity contribution < 1.29 is 9.90 Å². The topological polar surface area (TPSA) is 40.5 Å². The third-order valence-corrected chi connectivity index (χ3v) is 2.76. The Balaban J connectivity index is 2.77. The van der Waals surface area contributed by atoms with Gasteiger partial charge in [0.2, 0.25) is 0 Å². The van der Waals surface area contributed by atoms with Gasteiger partial charge in [-0.25, -0.2) is 0 Å². The van der Waals surface area contributed by atoms with E-state index in [4.69, 9.17) is 5.11 Å². The fourth-order valence-electron chi connectivity index (χ4n) is 1.32. The summed E-state index contributed by atoms with van der Waals surface area (Å²) in [5.41, 5.74) is 2.13. The van der Waals surface area contributed by atoms with Gasteiger partial charge in [0.25, 0.3) is 0 Å². The summed E-state index contributed by atoms with van der Waals surface area (Å²) in [6.07, 6.45) is 0.745. The molecule has 1 aromatic carbocycles. The van der Waals surface area contributed by atoms with Crippen LogP contribution in [-0.4, -0.2) is 25.2 Å². The highest BCUT2D eigenvalue weighted by molar-refractivity contribution is 9.10. The van der Waals surface area contributed by atoms with E-state index in [1.807, 2.05) is 37.2 Å². The molecule has 0 aliphatic rings. The van der Waals surface area contributed by atoms with Gasteiger partial charge in [-0.15, -0.1) is 0 Å². The van der Waals surface area contributed by atoms with Crippen molar-refractivity contribution in [3.63, 3.8) is 0 Å². The minimum atomic E-state index is -0.761. The van der Waals surface area contributed by atoms with Crippen molar-refractivity contribution in [1.29, 1.82) is 0 Å². The van der Waals surface area contributed by atoms with Gasteiger partial charge in [0.05, 0.1) is 5.69 Å². The Bertz CT molecular complexity index is 364. The Hall–Kier alpha value is -1.03. The minimum Gasteiger partial charge on any atom is -0.481 e. The molecule has 3 nitrogen and oxygen atoms in total. The van der Waals surface area contributed by atoms with Gasteiger partial charge in [-0.05, 0) is 40.0 Å². The van der Waals surface area contributed by atoms with Crippen LogP contribution in [0, 0.1) is 0 Å². The number of aryl methyl sites for hydroxylation is 1. The lowest BCUT2D eigenvalue weighted by Crippen LogP contribution is -2.09. The molecule has 0 bridgehead atoms. The number of nitrogens with zero attached hydrogens (tertiary/aromatic N) is 1. The van der Waals surface area contributed by atoms with Gasteiger partial charge in [0.1, 0.15) is 0 Å². The van der Waals surface area contributed by atoms with Crippen molar-refractivity contribution in [3.05, 3.63) is 28.2 Å². The quantitative estimate of drug-likeness (QED) is 0.915. The number of rotatable bonds is 4. The molecule has 0 amide bonds. The first kappa shape index (κ1) is 12.0. The fraction of sp³-hybridized carbons (Fsp3) is 0.364. The Morgan fingerprint density at radius 3 is 2.60 bits per heavy atom. The zero-order chi connectivity index (χ0) is 11.4. The van der Waals surface area contributed by atoms with E-state index in [-0.39, 0.29) is 6.42 Å². The lowest BCUT2D eigenvalue weighted by atomic mass is 10.1. The summed E-state index contributed by atoms with van der Waals surface area (Å²) in [5.74, 6) is -0.761. The summed E-state index contributed by atoms with van der Waals surface area (Å²) in [4.78, 5) is 12.4. The lowest BCUT2D eigenvalue weighted by molar-refractivity contribution is -0.136. The Morgan fingerprint density at radius 2 is 2.13 bits per heavy atom. The molecule has 0 spiro atoms. The number of aliphatic carboxylic acids is 1. The number of carboxylic acid groups (broad SMARTS) is 1. The first-order valence-corrected chi connectivity index (χ1v) is 5.47. The second-order valence-corrected chi connectivity index (χ2v) is 4.43. The number of carboxylic acids is 1. The second-order valence-electron chi connectivity index (χ2n) is 3.57.